The monoisotopic (exact) mass is 315 g/mol. The third-order valence-corrected chi connectivity index (χ3v) is 5.53. The lowest BCUT2D eigenvalue weighted by atomic mass is 9.98. The van der Waals surface area contributed by atoms with Crippen molar-refractivity contribution in [3.63, 3.8) is 0 Å². The molecule has 0 bridgehead atoms. The molecule has 0 saturated carbocycles. The molecule has 5 heteroatoms. The minimum Gasteiger partial charge on any atom is -0.250 e. The van der Waals surface area contributed by atoms with Crippen molar-refractivity contribution in [1.29, 1.82) is 0 Å². The molecule has 0 aliphatic rings. The summed E-state index contributed by atoms with van der Waals surface area (Å²) >= 11 is 0. The predicted octanol–water partition coefficient (Wildman–Crippen LogP) is 3.96. The van der Waals surface area contributed by atoms with Gasteiger partial charge in [0.15, 0.2) is 0 Å². The molecule has 0 heterocycles. The number of nitrogens with zero attached hydrogens (tertiary/aromatic N) is 1. The molecule has 0 saturated heterocycles. The van der Waals surface area contributed by atoms with Crippen molar-refractivity contribution in [1.82, 2.24) is 4.31 Å². The molecule has 21 heavy (non-hydrogen) atoms. The first-order chi connectivity index (χ1) is 10.0. The van der Waals surface area contributed by atoms with Crippen LogP contribution in [0.4, 0.5) is 4.39 Å². The zero-order chi connectivity index (χ0) is 15.9. The second-order valence-electron chi connectivity index (χ2n) is 5.23. The second-order valence-corrected chi connectivity index (χ2v) is 7.17. The van der Waals surface area contributed by atoms with Crippen LogP contribution in [0.15, 0.2) is 29.2 Å². The standard InChI is InChI=1S/C16H26FNO2S/c1-4-11-18(12-5-2)21(19,20)16-9-7-15(8-10-16)14(6-3)13-17/h7-10,14H,4-6,11-13H2,1-3H3. The van der Waals surface area contributed by atoms with E-state index in [1.165, 1.54) is 4.31 Å². The van der Waals surface area contributed by atoms with Crippen LogP contribution < -0.4 is 0 Å². The summed E-state index contributed by atoms with van der Waals surface area (Å²) in [7, 11) is -3.44. The number of hydrogen-bond acceptors (Lipinski definition) is 2. The zero-order valence-electron chi connectivity index (χ0n) is 13.2. The van der Waals surface area contributed by atoms with Crippen LogP contribution in [0, 0.1) is 0 Å². The number of alkyl halides is 1. The van der Waals surface area contributed by atoms with Gasteiger partial charge in [-0.25, -0.2) is 8.42 Å². The lowest BCUT2D eigenvalue weighted by molar-refractivity contribution is 0.409. The van der Waals surface area contributed by atoms with Crippen molar-refractivity contribution in [2.24, 2.45) is 0 Å². The average Bonchev–Trinajstić information content (AvgIpc) is 2.49. The zero-order valence-corrected chi connectivity index (χ0v) is 14.0. The minimum atomic E-state index is -3.44. The van der Waals surface area contributed by atoms with Gasteiger partial charge in [0, 0.05) is 19.0 Å². The van der Waals surface area contributed by atoms with Crippen molar-refractivity contribution in [3.05, 3.63) is 29.8 Å². The minimum absolute atomic E-state index is 0.149. The topological polar surface area (TPSA) is 37.4 Å². The highest BCUT2D eigenvalue weighted by Crippen LogP contribution is 2.23. The summed E-state index contributed by atoms with van der Waals surface area (Å²) in [5, 5.41) is 0. The summed E-state index contributed by atoms with van der Waals surface area (Å²) in [6, 6.07) is 6.66. The Hall–Kier alpha value is -0.940. The van der Waals surface area contributed by atoms with Crippen LogP contribution in [-0.4, -0.2) is 32.5 Å². The van der Waals surface area contributed by atoms with E-state index in [0.29, 0.717) is 24.4 Å². The molecular weight excluding hydrogens is 289 g/mol. The number of benzene rings is 1. The summed E-state index contributed by atoms with van der Waals surface area (Å²) < 4.78 is 39.6. The Morgan fingerprint density at radius 2 is 1.57 bits per heavy atom. The Morgan fingerprint density at radius 3 is 1.95 bits per heavy atom. The van der Waals surface area contributed by atoms with Crippen LogP contribution in [0.25, 0.3) is 0 Å². The number of sulfonamides is 1. The van der Waals surface area contributed by atoms with E-state index in [4.69, 9.17) is 0 Å². The van der Waals surface area contributed by atoms with Gasteiger partial charge in [-0.1, -0.05) is 32.9 Å². The molecular formula is C16H26FNO2S. The van der Waals surface area contributed by atoms with E-state index in [0.717, 1.165) is 18.4 Å². The summed E-state index contributed by atoms with van der Waals surface area (Å²) in [6.45, 7) is 6.50. The predicted molar refractivity (Wildman–Crippen MR) is 84.8 cm³/mol. The van der Waals surface area contributed by atoms with Crippen LogP contribution in [0.1, 0.15) is 51.5 Å². The molecule has 0 aliphatic heterocycles. The molecule has 1 aromatic rings. The molecule has 0 amide bonds. The van der Waals surface area contributed by atoms with E-state index in [1.54, 1.807) is 24.3 Å². The van der Waals surface area contributed by atoms with Crippen molar-refractivity contribution in [2.45, 2.75) is 50.8 Å². The third kappa shape index (κ3) is 4.51. The van der Waals surface area contributed by atoms with E-state index in [1.807, 2.05) is 20.8 Å². The van der Waals surface area contributed by atoms with Gasteiger partial charge in [-0.05, 0) is 37.0 Å². The highest BCUT2D eigenvalue weighted by Gasteiger charge is 2.23. The van der Waals surface area contributed by atoms with Gasteiger partial charge in [-0.2, -0.15) is 4.31 Å². The van der Waals surface area contributed by atoms with Crippen LogP contribution >= 0.6 is 0 Å². The Balaban J connectivity index is 3.03. The quantitative estimate of drug-likeness (QED) is 0.691. The Labute approximate surface area is 128 Å². The lowest BCUT2D eigenvalue weighted by Crippen LogP contribution is -2.32. The highest BCUT2D eigenvalue weighted by molar-refractivity contribution is 7.89. The summed E-state index contributed by atoms with van der Waals surface area (Å²) in [4.78, 5) is 0.293. The largest absolute Gasteiger partial charge is 0.250 e. The van der Waals surface area contributed by atoms with Crippen molar-refractivity contribution in [2.75, 3.05) is 19.8 Å². The average molecular weight is 315 g/mol. The number of halogens is 1. The fourth-order valence-corrected chi connectivity index (χ4v) is 3.97. The molecule has 0 aliphatic carbocycles. The lowest BCUT2D eigenvalue weighted by Gasteiger charge is -2.21. The van der Waals surface area contributed by atoms with Crippen molar-refractivity contribution in [3.8, 4) is 0 Å². The third-order valence-electron chi connectivity index (χ3n) is 3.61. The van der Waals surface area contributed by atoms with Crippen LogP contribution in [0.5, 0.6) is 0 Å². The van der Waals surface area contributed by atoms with E-state index in [-0.39, 0.29) is 5.92 Å². The van der Waals surface area contributed by atoms with Crippen LogP contribution in [-0.2, 0) is 10.0 Å². The Morgan fingerprint density at radius 1 is 1.05 bits per heavy atom. The molecule has 120 valence electrons. The highest BCUT2D eigenvalue weighted by atomic mass is 32.2. The van der Waals surface area contributed by atoms with E-state index < -0.39 is 16.7 Å². The molecule has 0 N–H and O–H groups in total. The maximum absolute atomic E-state index is 12.9. The van der Waals surface area contributed by atoms with Crippen LogP contribution in [0.2, 0.25) is 0 Å². The number of hydrogen-bond donors (Lipinski definition) is 0. The Bertz CT molecular complexity index is 504. The molecule has 0 fully saturated rings. The molecule has 1 rings (SSSR count). The summed E-state index contributed by atoms with van der Waals surface area (Å²) in [5.74, 6) is -0.149. The summed E-state index contributed by atoms with van der Waals surface area (Å²) in [6.07, 6.45) is 2.29. The van der Waals surface area contributed by atoms with Gasteiger partial charge in [-0.3, -0.25) is 4.39 Å². The fourth-order valence-electron chi connectivity index (χ4n) is 2.35. The number of rotatable bonds is 9. The molecule has 0 aromatic heterocycles. The first-order valence-electron chi connectivity index (χ1n) is 7.67. The fraction of sp³-hybridized carbons (Fsp3) is 0.625. The molecule has 0 radical (unpaired) electrons. The van der Waals surface area contributed by atoms with E-state index in [9.17, 15) is 12.8 Å². The maximum Gasteiger partial charge on any atom is 0.243 e. The molecule has 0 spiro atoms. The van der Waals surface area contributed by atoms with Crippen molar-refractivity contribution >= 4 is 10.0 Å². The van der Waals surface area contributed by atoms with Crippen LogP contribution in [0.3, 0.4) is 0 Å². The van der Waals surface area contributed by atoms with Gasteiger partial charge in [0.2, 0.25) is 10.0 Å². The van der Waals surface area contributed by atoms with Gasteiger partial charge < -0.3 is 0 Å². The Kier molecular flexibility index (Phi) is 7.32. The second kappa shape index (κ2) is 8.49. The van der Waals surface area contributed by atoms with Gasteiger partial charge in [0.25, 0.3) is 0 Å². The molecule has 1 unspecified atom stereocenters. The van der Waals surface area contributed by atoms with E-state index >= 15 is 0 Å². The van der Waals surface area contributed by atoms with Gasteiger partial charge in [0.1, 0.15) is 0 Å². The van der Waals surface area contributed by atoms with Gasteiger partial charge in [0.05, 0.1) is 11.6 Å². The first-order valence-corrected chi connectivity index (χ1v) is 9.11. The van der Waals surface area contributed by atoms with Gasteiger partial charge >= 0.3 is 0 Å². The first kappa shape index (κ1) is 18.1. The normalized spacial score (nSPS) is 13.6. The van der Waals surface area contributed by atoms with Gasteiger partial charge in [-0.15, -0.1) is 0 Å². The smallest absolute Gasteiger partial charge is 0.243 e. The molecule has 3 nitrogen and oxygen atoms in total. The van der Waals surface area contributed by atoms with Crippen molar-refractivity contribution < 1.29 is 12.8 Å². The molecule has 1 atom stereocenters. The summed E-state index contributed by atoms with van der Waals surface area (Å²) in [5.41, 5.74) is 0.858. The SMILES string of the molecule is CCCN(CCC)S(=O)(=O)c1ccc(C(CC)CF)cc1. The molecule has 1 aromatic carbocycles. The van der Waals surface area contributed by atoms with E-state index in [2.05, 4.69) is 0 Å². The maximum atomic E-state index is 12.9.